The molecule has 1 N–H and O–H groups in total. The van der Waals surface area contributed by atoms with Crippen LogP contribution in [0.2, 0.25) is 0 Å². The Morgan fingerprint density at radius 2 is 1.27 bits per heavy atom. The van der Waals surface area contributed by atoms with Crippen LogP contribution in [0.1, 0.15) is 11.1 Å². The number of hydrogen-bond donors (Lipinski definition) is 1. The van der Waals surface area contributed by atoms with Gasteiger partial charge in [0.2, 0.25) is 0 Å². The van der Waals surface area contributed by atoms with Crippen LogP contribution < -0.4 is 5.32 Å². The zero-order valence-corrected chi connectivity index (χ0v) is 19.5. The fraction of sp³-hybridized carbons (Fsp3) is 0.148. The minimum atomic E-state index is -0.454. The molecule has 0 aliphatic rings. The van der Waals surface area contributed by atoms with E-state index in [2.05, 4.69) is 39.6 Å². The van der Waals surface area contributed by atoms with Gasteiger partial charge in [-0.1, -0.05) is 36.4 Å². The quantitative estimate of drug-likeness (QED) is 0.284. The van der Waals surface area contributed by atoms with Gasteiger partial charge in [-0.3, -0.25) is 14.8 Å². The summed E-state index contributed by atoms with van der Waals surface area (Å²) in [5.74, 6) is 0. The van der Waals surface area contributed by atoms with Gasteiger partial charge >= 0.3 is 5.37 Å². The topological polar surface area (TPSA) is 58.1 Å². The molecule has 0 saturated carbocycles. The summed E-state index contributed by atoms with van der Waals surface area (Å²) < 4.78 is 0. The molecule has 168 valence electrons. The third-order valence-corrected chi connectivity index (χ3v) is 5.27. The van der Waals surface area contributed by atoms with Crippen LogP contribution >= 0.6 is 11.6 Å². The molecule has 2 aromatic carbocycles. The highest BCUT2D eigenvalue weighted by Crippen LogP contribution is 2.20. The second-order valence-electron chi connectivity index (χ2n) is 7.51. The van der Waals surface area contributed by atoms with Gasteiger partial charge in [0.05, 0.1) is 0 Å². The average molecular weight is 459 g/mol. The van der Waals surface area contributed by atoms with Crippen molar-refractivity contribution in [2.75, 3.05) is 14.1 Å². The Morgan fingerprint density at radius 1 is 0.788 bits per heavy atom. The maximum absolute atomic E-state index is 11.0. The molecule has 0 atom stereocenters. The van der Waals surface area contributed by atoms with Crippen LogP contribution in [-0.4, -0.2) is 34.3 Å². The van der Waals surface area contributed by atoms with Gasteiger partial charge in [0.25, 0.3) is 0 Å². The summed E-state index contributed by atoms with van der Waals surface area (Å²) in [5.41, 5.74) is 7.00. The molecule has 1 amide bonds. The monoisotopic (exact) mass is 458 g/mol. The van der Waals surface area contributed by atoms with Crippen molar-refractivity contribution in [1.29, 1.82) is 0 Å². The van der Waals surface area contributed by atoms with E-state index >= 15 is 0 Å². The molecule has 6 heteroatoms. The SMILES string of the molecule is CN(Cc1cccc(-c2ccncc2)c1)C(=O)Cl.CNCc1cccc(-c2ccncc2)c1. The molecule has 4 rings (SSSR count). The predicted octanol–water partition coefficient (Wildman–Crippen LogP) is 6.01. The zero-order chi connectivity index (χ0) is 23.5. The van der Waals surface area contributed by atoms with Gasteiger partial charge in [-0.05, 0) is 88.4 Å². The van der Waals surface area contributed by atoms with E-state index < -0.39 is 5.37 Å². The number of hydrogen-bond acceptors (Lipinski definition) is 4. The van der Waals surface area contributed by atoms with E-state index in [0.717, 1.165) is 23.2 Å². The van der Waals surface area contributed by atoms with E-state index in [9.17, 15) is 4.79 Å². The summed E-state index contributed by atoms with van der Waals surface area (Å²) in [6.45, 7) is 1.40. The van der Waals surface area contributed by atoms with Crippen molar-refractivity contribution >= 4 is 17.0 Å². The Labute approximate surface area is 200 Å². The zero-order valence-electron chi connectivity index (χ0n) is 18.8. The highest BCUT2D eigenvalue weighted by atomic mass is 35.5. The lowest BCUT2D eigenvalue weighted by atomic mass is 10.0. The van der Waals surface area contributed by atoms with E-state index in [1.165, 1.54) is 21.6 Å². The number of nitrogens with zero attached hydrogens (tertiary/aromatic N) is 3. The van der Waals surface area contributed by atoms with Gasteiger partial charge in [-0.15, -0.1) is 0 Å². The molecule has 0 bridgehead atoms. The average Bonchev–Trinajstić information content (AvgIpc) is 2.86. The number of amides is 1. The Balaban J connectivity index is 0.000000189. The normalized spacial score (nSPS) is 10.2. The van der Waals surface area contributed by atoms with Crippen LogP contribution in [0, 0.1) is 0 Å². The molecule has 0 unspecified atom stereocenters. The molecule has 0 fully saturated rings. The minimum Gasteiger partial charge on any atom is -0.328 e. The highest BCUT2D eigenvalue weighted by molar-refractivity contribution is 6.62. The van der Waals surface area contributed by atoms with E-state index in [-0.39, 0.29) is 0 Å². The number of carbonyl (C=O) groups excluding carboxylic acids is 1. The number of halogens is 1. The number of benzene rings is 2. The Morgan fingerprint density at radius 3 is 1.76 bits per heavy atom. The molecular weight excluding hydrogens is 432 g/mol. The van der Waals surface area contributed by atoms with Crippen molar-refractivity contribution in [3.63, 3.8) is 0 Å². The second-order valence-corrected chi connectivity index (χ2v) is 7.84. The van der Waals surface area contributed by atoms with Crippen LogP contribution in [0.5, 0.6) is 0 Å². The minimum absolute atomic E-state index is 0.454. The van der Waals surface area contributed by atoms with Crippen molar-refractivity contribution < 1.29 is 4.79 Å². The summed E-state index contributed by atoms with van der Waals surface area (Å²) >= 11 is 5.41. The summed E-state index contributed by atoms with van der Waals surface area (Å²) in [4.78, 5) is 20.5. The highest BCUT2D eigenvalue weighted by Gasteiger charge is 2.06. The van der Waals surface area contributed by atoms with Gasteiger partial charge in [0.15, 0.2) is 0 Å². The molecule has 0 aliphatic heterocycles. The number of rotatable bonds is 6. The molecule has 5 nitrogen and oxygen atoms in total. The first-order valence-electron chi connectivity index (χ1n) is 10.6. The van der Waals surface area contributed by atoms with E-state index in [1.54, 1.807) is 19.4 Å². The molecule has 33 heavy (non-hydrogen) atoms. The molecule has 0 spiro atoms. The largest absolute Gasteiger partial charge is 0.328 e. The van der Waals surface area contributed by atoms with Crippen molar-refractivity contribution in [3.8, 4) is 22.3 Å². The van der Waals surface area contributed by atoms with Crippen LogP contribution in [0.4, 0.5) is 4.79 Å². The Hall–Kier alpha value is -3.54. The molecular formula is C27H27ClN4O. The molecule has 0 radical (unpaired) electrons. The lowest BCUT2D eigenvalue weighted by molar-refractivity contribution is 0.230. The summed E-state index contributed by atoms with van der Waals surface area (Å²) in [5, 5.41) is 2.70. The van der Waals surface area contributed by atoms with Crippen LogP contribution in [0.25, 0.3) is 22.3 Å². The maximum Gasteiger partial charge on any atom is 0.316 e. The molecule has 4 aromatic rings. The molecule has 2 heterocycles. The molecule has 2 aromatic heterocycles. The van der Waals surface area contributed by atoms with E-state index in [1.807, 2.05) is 68.0 Å². The Kier molecular flexibility index (Phi) is 9.12. The lowest BCUT2D eigenvalue weighted by Crippen LogP contribution is -2.19. The summed E-state index contributed by atoms with van der Waals surface area (Å²) in [7, 11) is 3.63. The van der Waals surface area contributed by atoms with Gasteiger partial charge < -0.3 is 10.2 Å². The Bertz CT molecular complexity index is 1150. The number of nitrogens with one attached hydrogen (secondary N) is 1. The molecule has 0 saturated heterocycles. The number of carbonyl (C=O) groups is 1. The van der Waals surface area contributed by atoms with Crippen molar-refractivity contribution in [2.45, 2.75) is 13.1 Å². The standard InChI is InChI=1S/C14H13ClN2O.C13H14N2/c1-17(14(15)18)10-11-3-2-4-13(9-11)12-5-7-16-8-6-12;1-14-10-11-3-2-4-13(9-11)12-5-7-15-8-6-12/h2-9H,10H2,1H3;2-9,14H,10H2,1H3. The molecule has 0 aliphatic carbocycles. The predicted molar refractivity (Wildman–Crippen MR) is 135 cm³/mol. The van der Waals surface area contributed by atoms with Crippen LogP contribution in [0.3, 0.4) is 0 Å². The van der Waals surface area contributed by atoms with Gasteiger partial charge in [0.1, 0.15) is 0 Å². The summed E-state index contributed by atoms with van der Waals surface area (Å²) in [6, 6.07) is 24.5. The van der Waals surface area contributed by atoms with Crippen LogP contribution in [-0.2, 0) is 13.1 Å². The number of pyridine rings is 2. The third-order valence-electron chi connectivity index (χ3n) is 4.98. The first-order chi connectivity index (χ1) is 16.1. The number of aromatic nitrogens is 2. The fourth-order valence-corrected chi connectivity index (χ4v) is 3.40. The fourth-order valence-electron chi connectivity index (χ4n) is 3.34. The summed E-state index contributed by atoms with van der Waals surface area (Å²) in [6.07, 6.45) is 7.16. The van der Waals surface area contributed by atoms with Gasteiger partial charge in [-0.2, -0.15) is 0 Å². The second kappa shape index (κ2) is 12.5. The van der Waals surface area contributed by atoms with E-state index in [0.29, 0.717) is 6.54 Å². The first kappa shape index (κ1) is 24.1. The lowest BCUT2D eigenvalue weighted by Gasteiger charge is -2.13. The van der Waals surface area contributed by atoms with Crippen molar-refractivity contribution in [1.82, 2.24) is 20.2 Å². The third kappa shape index (κ3) is 7.52. The van der Waals surface area contributed by atoms with Gasteiger partial charge in [-0.25, -0.2) is 0 Å². The van der Waals surface area contributed by atoms with Gasteiger partial charge in [0, 0.05) is 44.9 Å². The van der Waals surface area contributed by atoms with Crippen molar-refractivity contribution in [3.05, 3.63) is 109 Å². The maximum atomic E-state index is 11.0. The van der Waals surface area contributed by atoms with Crippen LogP contribution in [0.15, 0.2) is 97.6 Å². The smallest absolute Gasteiger partial charge is 0.316 e. The van der Waals surface area contributed by atoms with Crippen molar-refractivity contribution in [2.24, 2.45) is 0 Å². The first-order valence-corrected chi connectivity index (χ1v) is 11.0. The van der Waals surface area contributed by atoms with E-state index in [4.69, 9.17) is 11.6 Å².